The van der Waals surface area contributed by atoms with E-state index in [1.807, 2.05) is 18.2 Å². The Bertz CT molecular complexity index is 926. The van der Waals surface area contributed by atoms with Crippen molar-refractivity contribution in [2.24, 2.45) is 5.10 Å². The third-order valence-corrected chi connectivity index (χ3v) is 5.40. The quantitative estimate of drug-likeness (QED) is 0.544. The molecule has 3 aromatic carbocycles. The molecule has 0 spiro atoms. The largest absolute Gasteiger partial charge is 0.368 e. The SMILES string of the molecule is C/C(=N\N1CCN(c2ccc(Cl)cc2)CC1)c1ccc(-c2ccccc2)cc1. The number of rotatable bonds is 4. The van der Waals surface area contributed by atoms with E-state index in [1.54, 1.807) is 0 Å². The van der Waals surface area contributed by atoms with Crippen LogP contribution in [0.25, 0.3) is 11.1 Å². The molecule has 1 saturated heterocycles. The summed E-state index contributed by atoms with van der Waals surface area (Å²) in [6.45, 7) is 5.85. The standard InChI is InChI=1S/C24H24ClN3/c1-19(20-7-9-22(10-8-20)21-5-3-2-4-6-21)26-28-17-15-27(16-18-28)24-13-11-23(25)12-14-24/h2-14H,15-18H2,1H3/b26-19+. The van der Waals surface area contributed by atoms with Crippen LogP contribution in [0.15, 0.2) is 84.0 Å². The lowest BCUT2D eigenvalue weighted by molar-refractivity contribution is 0.270. The predicted molar refractivity (Wildman–Crippen MR) is 119 cm³/mol. The Labute approximate surface area is 171 Å². The first-order valence-electron chi connectivity index (χ1n) is 9.65. The normalized spacial score (nSPS) is 15.0. The molecule has 1 aliphatic rings. The summed E-state index contributed by atoms with van der Waals surface area (Å²) in [6, 6.07) is 27.2. The minimum absolute atomic E-state index is 0.779. The van der Waals surface area contributed by atoms with Crippen LogP contribution in [0.4, 0.5) is 5.69 Å². The van der Waals surface area contributed by atoms with Crippen molar-refractivity contribution in [1.82, 2.24) is 5.01 Å². The summed E-state index contributed by atoms with van der Waals surface area (Å²) >= 11 is 5.99. The van der Waals surface area contributed by atoms with Crippen LogP contribution in [0.5, 0.6) is 0 Å². The highest BCUT2D eigenvalue weighted by Crippen LogP contribution is 2.21. The van der Waals surface area contributed by atoms with E-state index < -0.39 is 0 Å². The number of hydrogen-bond acceptors (Lipinski definition) is 3. The van der Waals surface area contributed by atoms with Crippen molar-refractivity contribution in [2.45, 2.75) is 6.92 Å². The van der Waals surface area contributed by atoms with Crippen LogP contribution in [0.1, 0.15) is 12.5 Å². The third kappa shape index (κ3) is 4.37. The van der Waals surface area contributed by atoms with Crippen LogP contribution in [-0.4, -0.2) is 36.9 Å². The van der Waals surface area contributed by atoms with Crippen LogP contribution in [0, 0.1) is 0 Å². The van der Waals surface area contributed by atoms with E-state index in [-0.39, 0.29) is 0 Å². The van der Waals surface area contributed by atoms with Crippen molar-refractivity contribution in [3.05, 3.63) is 89.4 Å². The number of anilines is 1. The molecule has 0 atom stereocenters. The molecule has 1 fully saturated rings. The van der Waals surface area contributed by atoms with E-state index in [9.17, 15) is 0 Å². The molecule has 142 valence electrons. The maximum Gasteiger partial charge on any atom is 0.0646 e. The summed E-state index contributed by atoms with van der Waals surface area (Å²) in [5, 5.41) is 7.81. The number of benzene rings is 3. The average molecular weight is 390 g/mol. The number of nitrogens with zero attached hydrogens (tertiary/aromatic N) is 3. The Morgan fingerprint density at radius 2 is 1.36 bits per heavy atom. The first kappa shape index (κ1) is 18.6. The van der Waals surface area contributed by atoms with Gasteiger partial charge in [0.1, 0.15) is 0 Å². The summed E-state index contributed by atoms with van der Waals surface area (Å²) in [4.78, 5) is 2.38. The van der Waals surface area contributed by atoms with Crippen LogP contribution in [0.3, 0.4) is 0 Å². The highest BCUT2D eigenvalue weighted by atomic mass is 35.5. The zero-order valence-corrected chi connectivity index (χ0v) is 16.8. The number of halogens is 1. The molecule has 0 amide bonds. The Morgan fingerprint density at radius 1 is 0.750 bits per heavy atom. The van der Waals surface area contributed by atoms with Gasteiger partial charge in [0.2, 0.25) is 0 Å². The molecule has 0 aromatic heterocycles. The van der Waals surface area contributed by atoms with E-state index in [0.717, 1.165) is 36.9 Å². The fraction of sp³-hybridized carbons (Fsp3) is 0.208. The molecule has 0 N–H and O–H groups in total. The number of hydrazone groups is 1. The van der Waals surface area contributed by atoms with Crippen molar-refractivity contribution in [3.8, 4) is 11.1 Å². The molecule has 1 aliphatic heterocycles. The molecule has 0 aliphatic carbocycles. The van der Waals surface area contributed by atoms with Gasteiger partial charge in [-0.05, 0) is 47.9 Å². The zero-order valence-electron chi connectivity index (χ0n) is 16.1. The molecule has 4 heteroatoms. The molecule has 0 radical (unpaired) electrons. The van der Waals surface area contributed by atoms with Gasteiger partial charge in [-0.2, -0.15) is 5.10 Å². The minimum atomic E-state index is 0.779. The monoisotopic (exact) mass is 389 g/mol. The lowest BCUT2D eigenvalue weighted by Gasteiger charge is -2.35. The predicted octanol–water partition coefficient (Wildman–Crippen LogP) is 5.55. The topological polar surface area (TPSA) is 18.8 Å². The van der Waals surface area contributed by atoms with Crippen LogP contribution in [0.2, 0.25) is 5.02 Å². The van der Waals surface area contributed by atoms with Gasteiger partial charge in [0.15, 0.2) is 0 Å². The molecule has 3 aromatic rings. The van der Waals surface area contributed by atoms with Gasteiger partial charge in [-0.25, -0.2) is 0 Å². The maximum absolute atomic E-state index is 5.99. The Morgan fingerprint density at radius 3 is 2.00 bits per heavy atom. The summed E-state index contributed by atoms with van der Waals surface area (Å²) in [5.41, 5.74) is 5.91. The molecule has 0 saturated carbocycles. The van der Waals surface area contributed by atoms with Gasteiger partial charge < -0.3 is 4.90 Å². The minimum Gasteiger partial charge on any atom is -0.368 e. The van der Waals surface area contributed by atoms with Gasteiger partial charge in [0.05, 0.1) is 18.8 Å². The van der Waals surface area contributed by atoms with Gasteiger partial charge >= 0.3 is 0 Å². The Kier molecular flexibility index (Phi) is 5.63. The molecule has 3 nitrogen and oxygen atoms in total. The highest BCUT2D eigenvalue weighted by Gasteiger charge is 2.16. The highest BCUT2D eigenvalue weighted by molar-refractivity contribution is 6.30. The van der Waals surface area contributed by atoms with Crippen molar-refractivity contribution < 1.29 is 0 Å². The molecular weight excluding hydrogens is 366 g/mol. The fourth-order valence-electron chi connectivity index (χ4n) is 3.51. The summed E-state index contributed by atoms with van der Waals surface area (Å²) < 4.78 is 0. The second-order valence-corrected chi connectivity index (χ2v) is 7.48. The smallest absolute Gasteiger partial charge is 0.0646 e. The van der Waals surface area contributed by atoms with Crippen molar-refractivity contribution in [2.75, 3.05) is 31.1 Å². The van der Waals surface area contributed by atoms with Gasteiger partial charge in [-0.15, -0.1) is 0 Å². The Hall–Kier alpha value is -2.78. The molecule has 0 unspecified atom stereocenters. The van der Waals surface area contributed by atoms with E-state index in [4.69, 9.17) is 16.7 Å². The van der Waals surface area contributed by atoms with E-state index in [1.165, 1.54) is 22.4 Å². The summed E-state index contributed by atoms with van der Waals surface area (Å²) in [7, 11) is 0. The lowest BCUT2D eigenvalue weighted by Crippen LogP contribution is -2.44. The zero-order chi connectivity index (χ0) is 19.3. The number of hydrogen-bond donors (Lipinski definition) is 0. The molecule has 1 heterocycles. The molecular formula is C24H24ClN3. The number of piperazine rings is 1. The molecule has 28 heavy (non-hydrogen) atoms. The first-order valence-corrected chi connectivity index (χ1v) is 10.0. The summed E-state index contributed by atoms with van der Waals surface area (Å²) in [6.07, 6.45) is 0. The van der Waals surface area contributed by atoms with Crippen LogP contribution >= 0.6 is 11.6 Å². The fourth-order valence-corrected chi connectivity index (χ4v) is 3.64. The van der Waals surface area contributed by atoms with Gasteiger partial charge in [0, 0.05) is 23.8 Å². The average Bonchev–Trinajstić information content (AvgIpc) is 2.76. The second kappa shape index (κ2) is 8.49. The second-order valence-electron chi connectivity index (χ2n) is 7.05. The Balaban J connectivity index is 1.39. The third-order valence-electron chi connectivity index (χ3n) is 5.15. The van der Waals surface area contributed by atoms with Gasteiger partial charge in [0.25, 0.3) is 0 Å². The van der Waals surface area contributed by atoms with E-state index in [2.05, 4.69) is 77.5 Å². The maximum atomic E-state index is 5.99. The molecule has 0 bridgehead atoms. The van der Waals surface area contributed by atoms with Gasteiger partial charge in [-0.3, -0.25) is 5.01 Å². The van der Waals surface area contributed by atoms with Crippen LogP contribution < -0.4 is 4.90 Å². The van der Waals surface area contributed by atoms with Crippen molar-refractivity contribution in [3.63, 3.8) is 0 Å². The van der Waals surface area contributed by atoms with E-state index in [0.29, 0.717) is 0 Å². The van der Waals surface area contributed by atoms with Gasteiger partial charge in [-0.1, -0.05) is 66.2 Å². The summed E-state index contributed by atoms with van der Waals surface area (Å²) in [5.74, 6) is 0. The van der Waals surface area contributed by atoms with E-state index >= 15 is 0 Å². The van der Waals surface area contributed by atoms with Crippen LogP contribution in [-0.2, 0) is 0 Å². The first-order chi connectivity index (χ1) is 13.7. The van der Waals surface area contributed by atoms with Crippen molar-refractivity contribution >= 4 is 23.0 Å². The molecule has 4 rings (SSSR count). The van der Waals surface area contributed by atoms with Crippen molar-refractivity contribution in [1.29, 1.82) is 0 Å². The lowest BCUT2D eigenvalue weighted by atomic mass is 10.0.